The molecule has 0 rings (SSSR count). The summed E-state index contributed by atoms with van der Waals surface area (Å²) in [5.74, 6) is 0.138. The summed E-state index contributed by atoms with van der Waals surface area (Å²) in [6, 6.07) is 0.0716. The zero-order valence-electron chi connectivity index (χ0n) is 12.3. The van der Waals surface area contributed by atoms with Crippen LogP contribution in [0.15, 0.2) is 0 Å². The van der Waals surface area contributed by atoms with Crippen LogP contribution in [-0.4, -0.2) is 41.8 Å². The highest BCUT2D eigenvalue weighted by molar-refractivity contribution is 5.77. The van der Waals surface area contributed by atoms with Gasteiger partial charge in [0, 0.05) is 37.2 Å². The molecule has 0 heterocycles. The first-order valence-electron chi connectivity index (χ1n) is 6.57. The van der Waals surface area contributed by atoms with Gasteiger partial charge in [0.1, 0.15) is 0 Å². The van der Waals surface area contributed by atoms with Crippen LogP contribution in [0.4, 0.5) is 0 Å². The largest absolute Gasteiger partial charge is 0.396 e. The van der Waals surface area contributed by atoms with E-state index in [2.05, 4.69) is 10.6 Å². The molecule has 0 aromatic carbocycles. The molecule has 3 atom stereocenters. The Morgan fingerprint density at radius 3 is 2.28 bits per heavy atom. The first-order chi connectivity index (χ1) is 8.19. The molecule has 5 nitrogen and oxygen atoms in total. The third-order valence-corrected chi connectivity index (χ3v) is 2.87. The first-order valence-corrected chi connectivity index (χ1v) is 6.57. The summed E-state index contributed by atoms with van der Waals surface area (Å²) in [6.07, 6.45) is 0.357. The standard InChI is InChI=1S/C13H29N3O2/c1-9(8-17)10(2)15-11(7-14)6-12(18)16-13(3,4)5/h9-11,15,17H,6-8,14H2,1-5H3,(H,16,18). The molecule has 0 spiro atoms. The lowest BCUT2D eigenvalue weighted by molar-refractivity contribution is -0.123. The van der Waals surface area contributed by atoms with Gasteiger partial charge in [-0.1, -0.05) is 6.92 Å². The van der Waals surface area contributed by atoms with Crippen LogP contribution >= 0.6 is 0 Å². The van der Waals surface area contributed by atoms with Crippen LogP contribution in [0, 0.1) is 5.92 Å². The fourth-order valence-electron chi connectivity index (χ4n) is 1.60. The predicted octanol–water partition coefficient (Wildman–Crippen LogP) is 0.225. The maximum absolute atomic E-state index is 11.8. The number of nitrogens with one attached hydrogen (secondary N) is 2. The van der Waals surface area contributed by atoms with E-state index in [9.17, 15) is 4.79 Å². The van der Waals surface area contributed by atoms with Gasteiger partial charge in [-0.15, -0.1) is 0 Å². The SMILES string of the molecule is CC(CO)C(C)NC(CN)CC(=O)NC(C)(C)C. The molecule has 18 heavy (non-hydrogen) atoms. The van der Waals surface area contributed by atoms with E-state index in [0.717, 1.165) is 0 Å². The van der Waals surface area contributed by atoms with Crippen LogP contribution in [0.25, 0.3) is 0 Å². The number of carbonyl (C=O) groups is 1. The van der Waals surface area contributed by atoms with Crippen molar-refractivity contribution in [3.63, 3.8) is 0 Å². The van der Waals surface area contributed by atoms with E-state index in [-0.39, 0.29) is 36.1 Å². The zero-order valence-corrected chi connectivity index (χ0v) is 12.3. The van der Waals surface area contributed by atoms with Crippen molar-refractivity contribution >= 4 is 5.91 Å². The van der Waals surface area contributed by atoms with Crippen LogP contribution in [-0.2, 0) is 4.79 Å². The second kappa shape index (κ2) is 7.71. The van der Waals surface area contributed by atoms with E-state index in [1.165, 1.54) is 0 Å². The maximum atomic E-state index is 11.8. The molecule has 1 amide bonds. The van der Waals surface area contributed by atoms with Crippen molar-refractivity contribution in [3.05, 3.63) is 0 Å². The summed E-state index contributed by atoms with van der Waals surface area (Å²) in [6.45, 7) is 10.3. The minimum atomic E-state index is -0.222. The van der Waals surface area contributed by atoms with Crippen LogP contribution < -0.4 is 16.4 Å². The van der Waals surface area contributed by atoms with Crippen molar-refractivity contribution in [2.45, 2.75) is 58.7 Å². The molecule has 0 aliphatic rings. The number of hydrogen-bond donors (Lipinski definition) is 4. The average molecular weight is 259 g/mol. The second-order valence-electron chi connectivity index (χ2n) is 6.05. The predicted molar refractivity (Wildman–Crippen MR) is 74.2 cm³/mol. The van der Waals surface area contributed by atoms with Gasteiger partial charge in [-0.05, 0) is 33.6 Å². The molecule has 5 N–H and O–H groups in total. The Balaban J connectivity index is 4.23. The van der Waals surface area contributed by atoms with Crippen LogP contribution in [0.2, 0.25) is 0 Å². The minimum absolute atomic E-state index is 0.00528. The van der Waals surface area contributed by atoms with Gasteiger partial charge >= 0.3 is 0 Å². The van der Waals surface area contributed by atoms with Crippen molar-refractivity contribution in [2.24, 2.45) is 11.7 Å². The topological polar surface area (TPSA) is 87.4 Å². The molecule has 0 radical (unpaired) electrons. The van der Waals surface area contributed by atoms with Crippen molar-refractivity contribution in [1.82, 2.24) is 10.6 Å². The van der Waals surface area contributed by atoms with Gasteiger partial charge in [0.05, 0.1) is 0 Å². The Hall–Kier alpha value is -0.650. The molecule has 0 fully saturated rings. The highest BCUT2D eigenvalue weighted by Crippen LogP contribution is 2.05. The Morgan fingerprint density at radius 2 is 1.89 bits per heavy atom. The maximum Gasteiger partial charge on any atom is 0.222 e. The molecule has 0 aliphatic carbocycles. The highest BCUT2D eigenvalue weighted by Gasteiger charge is 2.20. The summed E-state index contributed by atoms with van der Waals surface area (Å²) in [7, 11) is 0. The minimum Gasteiger partial charge on any atom is -0.396 e. The molecule has 0 saturated heterocycles. The van der Waals surface area contributed by atoms with E-state index < -0.39 is 0 Å². The summed E-state index contributed by atoms with van der Waals surface area (Å²) in [5.41, 5.74) is 5.45. The van der Waals surface area contributed by atoms with Crippen molar-refractivity contribution in [1.29, 1.82) is 0 Å². The number of rotatable bonds is 7. The monoisotopic (exact) mass is 259 g/mol. The van der Waals surface area contributed by atoms with Crippen molar-refractivity contribution in [3.8, 4) is 0 Å². The van der Waals surface area contributed by atoms with Crippen LogP contribution in [0.5, 0.6) is 0 Å². The lowest BCUT2D eigenvalue weighted by Gasteiger charge is -2.27. The van der Waals surface area contributed by atoms with Crippen LogP contribution in [0.1, 0.15) is 41.0 Å². The number of carbonyl (C=O) groups excluding carboxylic acids is 1. The number of nitrogens with two attached hydrogens (primary N) is 1. The molecule has 0 aliphatic heterocycles. The zero-order chi connectivity index (χ0) is 14.3. The highest BCUT2D eigenvalue weighted by atomic mass is 16.3. The first kappa shape index (κ1) is 17.4. The van der Waals surface area contributed by atoms with Gasteiger partial charge < -0.3 is 21.5 Å². The van der Waals surface area contributed by atoms with E-state index in [4.69, 9.17) is 10.8 Å². The average Bonchev–Trinajstić information content (AvgIpc) is 2.24. The van der Waals surface area contributed by atoms with E-state index in [1.807, 2.05) is 34.6 Å². The van der Waals surface area contributed by atoms with Crippen LogP contribution in [0.3, 0.4) is 0 Å². The molecule has 108 valence electrons. The molecule has 3 unspecified atom stereocenters. The number of amides is 1. The number of aliphatic hydroxyl groups excluding tert-OH is 1. The van der Waals surface area contributed by atoms with E-state index in [0.29, 0.717) is 13.0 Å². The Kier molecular flexibility index (Phi) is 7.43. The molecular formula is C13H29N3O2. The lowest BCUT2D eigenvalue weighted by atomic mass is 10.0. The summed E-state index contributed by atoms with van der Waals surface area (Å²) in [5, 5.41) is 15.3. The summed E-state index contributed by atoms with van der Waals surface area (Å²) >= 11 is 0. The Bertz CT molecular complexity index is 251. The van der Waals surface area contributed by atoms with E-state index in [1.54, 1.807) is 0 Å². The number of aliphatic hydroxyl groups is 1. The van der Waals surface area contributed by atoms with Gasteiger partial charge in [-0.2, -0.15) is 0 Å². The van der Waals surface area contributed by atoms with Gasteiger partial charge in [-0.25, -0.2) is 0 Å². The Labute approximate surface area is 111 Å². The lowest BCUT2D eigenvalue weighted by Crippen LogP contribution is -2.49. The smallest absolute Gasteiger partial charge is 0.222 e. The van der Waals surface area contributed by atoms with Gasteiger partial charge in [0.15, 0.2) is 0 Å². The second-order valence-corrected chi connectivity index (χ2v) is 6.05. The summed E-state index contributed by atoms with van der Waals surface area (Å²) < 4.78 is 0. The molecular weight excluding hydrogens is 230 g/mol. The van der Waals surface area contributed by atoms with Gasteiger partial charge in [0.2, 0.25) is 5.91 Å². The molecule has 0 saturated carbocycles. The van der Waals surface area contributed by atoms with Gasteiger partial charge in [0.25, 0.3) is 0 Å². The molecule has 0 aromatic heterocycles. The summed E-state index contributed by atoms with van der Waals surface area (Å²) in [4.78, 5) is 11.8. The van der Waals surface area contributed by atoms with Crippen molar-refractivity contribution in [2.75, 3.05) is 13.2 Å². The molecule has 0 bridgehead atoms. The van der Waals surface area contributed by atoms with Crippen molar-refractivity contribution < 1.29 is 9.90 Å². The molecule has 0 aromatic rings. The molecule has 5 heteroatoms. The quantitative estimate of drug-likeness (QED) is 0.527. The van der Waals surface area contributed by atoms with E-state index >= 15 is 0 Å². The fourth-order valence-corrected chi connectivity index (χ4v) is 1.60. The number of hydrogen-bond acceptors (Lipinski definition) is 4. The normalized spacial score (nSPS) is 17.1. The third kappa shape index (κ3) is 7.63. The fraction of sp³-hybridized carbons (Fsp3) is 0.923. The Morgan fingerprint density at radius 1 is 1.33 bits per heavy atom. The third-order valence-electron chi connectivity index (χ3n) is 2.87. The van der Waals surface area contributed by atoms with Gasteiger partial charge in [-0.3, -0.25) is 4.79 Å².